The molecule has 0 fully saturated rings. The van der Waals surface area contributed by atoms with Crippen molar-refractivity contribution in [1.29, 1.82) is 21.0 Å². The molecule has 0 radical (unpaired) electrons. The van der Waals surface area contributed by atoms with Crippen LogP contribution in [-0.4, -0.2) is 25.1 Å². The summed E-state index contributed by atoms with van der Waals surface area (Å²) < 4.78 is 52.4. The fraction of sp³-hybridized carbons (Fsp3) is 0.105. The van der Waals surface area contributed by atoms with Crippen molar-refractivity contribution in [3.8, 4) is 116 Å². The highest BCUT2D eigenvalue weighted by Gasteiger charge is 2.59. The maximum atomic E-state index is 11.5. The lowest BCUT2D eigenvalue weighted by molar-refractivity contribution is 0.111. The second-order valence-electron chi connectivity index (χ2n) is 22.7. The van der Waals surface area contributed by atoms with Gasteiger partial charge in [0.05, 0.1) is 0 Å². The Labute approximate surface area is 528 Å². The van der Waals surface area contributed by atoms with E-state index in [2.05, 4.69) is 52.0 Å². The summed E-state index contributed by atoms with van der Waals surface area (Å²) in [4.78, 5) is 45.9. The number of hydrogen-bond acceptors (Lipinski definition) is 16. The van der Waals surface area contributed by atoms with Crippen LogP contribution in [0.2, 0.25) is 0 Å². The van der Waals surface area contributed by atoms with E-state index < -0.39 is 10.8 Å². The first kappa shape index (κ1) is 59.6. The third-order valence-corrected chi connectivity index (χ3v) is 16.4. The number of rotatable bonds is 20. The molecule has 0 amide bonds. The molecule has 92 heavy (non-hydrogen) atoms. The topological polar surface area (TPSA) is 237 Å². The van der Waals surface area contributed by atoms with E-state index in [4.69, 9.17) is 37.9 Å². The Bertz CT molecular complexity index is 4480. The first-order chi connectivity index (χ1) is 44.7. The number of hydrogen-bond donors (Lipinski definition) is 0. The Morgan fingerprint density at radius 2 is 0.500 bits per heavy atom. The van der Waals surface area contributed by atoms with Gasteiger partial charge >= 0.3 is 0 Å². The summed E-state index contributed by atoms with van der Waals surface area (Å²) in [5, 5.41) is 43.3. The highest BCUT2D eigenvalue weighted by molar-refractivity contribution is 5.77. The fourth-order valence-electron chi connectivity index (χ4n) is 12.0. The molecule has 446 valence electrons. The molecule has 2 aliphatic carbocycles. The molecule has 0 aromatic heterocycles. The molecule has 0 N–H and O–H groups in total. The summed E-state index contributed by atoms with van der Waals surface area (Å²) in [5.74, 6) is 2.79. The van der Waals surface area contributed by atoms with Gasteiger partial charge in [0, 0.05) is 34.1 Å². The van der Waals surface area contributed by atoms with Crippen molar-refractivity contribution in [3.63, 3.8) is 0 Å². The van der Waals surface area contributed by atoms with E-state index in [-0.39, 0.29) is 103 Å². The normalized spacial score (nSPS) is 14.2. The molecule has 0 heterocycles. The minimum absolute atomic E-state index is 0.0498. The number of nitrogens with zero attached hydrogens (tertiary/aromatic N) is 4. The number of carbonyl (C=O) groups excluding carboxylic acids is 4. The van der Waals surface area contributed by atoms with Gasteiger partial charge in [0.15, 0.2) is 23.0 Å². The Kier molecular flexibility index (Phi) is 16.0. The minimum Gasteiger partial charge on any atom is -0.456 e. The molecular formula is C76H50N4O12. The third-order valence-electron chi connectivity index (χ3n) is 16.4. The van der Waals surface area contributed by atoms with Crippen LogP contribution in [-0.2, 0) is 10.8 Å². The average Bonchev–Trinajstić information content (AvgIpc) is 1.52. The fourth-order valence-corrected chi connectivity index (χ4v) is 12.0. The Morgan fingerprint density at radius 1 is 0.293 bits per heavy atom. The molecule has 10 aromatic carbocycles. The van der Waals surface area contributed by atoms with Gasteiger partial charge in [-0.25, -0.2) is 0 Å². The Hall–Kier alpha value is -12.8. The number of benzene rings is 10. The second-order valence-corrected chi connectivity index (χ2v) is 22.7. The van der Waals surface area contributed by atoms with E-state index in [9.17, 15) is 40.2 Å². The van der Waals surface area contributed by atoms with Gasteiger partial charge < -0.3 is 37.9 Å². The molecule has 2 atom stereocenters. The van der Waals surface area contributed by atoms with E-state index in [1.165, 1.54) is 0 Å². The van der Waals surface area contributed by atoms with Crippen molar-refractivity contribution in [2.24, 2.45) is 0 Å². The van der Waals surface area contributed by atoms with Crippen molar-refractivity contribution >= 4 is 25.1 Å². The van der Waals surface area contributed by atoms with E-state index in [0.717, 1.165) is 34.8 Å². The SMILES string of the molecule is CC1(C)c2cc(Oc3cccc(Oc4ccc(C=O)cc4)c3C#N)c(Oc3cccc(Oc4ccc(C=O)cc4)c3C#N)cc2C2C1c1cc(Oc3cccc(Oc4ccc(C=O)cc4)c3C#N)c(Oc3cccc(Oc4ccc(C=O)cc4)c3C#N)cc1C2(C)C. The van der Waals surface area contributed by atoms with Crippen molar-refractivity contribution in [2.75, 3.05) is 0 Å². The van der Waals surface area contributed by atoms with Crippen LogP contribution in [0.25, 0.3) is 0 Å². The van der Waals surface area contributed by atoms with Gasteiger partial charge in [-0.3, -0.25) is 19.2 Å². The smallest absolute Gasteiger partial charge is 0.170 e. The van der Waals surface area contributed by atoms with Crippen LogP contribution in [0.3, 0.4) is 0 Å². The van der Waals surface area contributed by atoms with Crippen LogP contribution in [0.15, 0.2) is 194 Å². The standard InChI is InChI=1S/C76H50N4O12/c1-75(2)59-35-71(91-67-15-7-11-63(57(67)39-79)87-51-29-21-47(43-83)22-30-51)69(89-65-13-5-9-61(55(65)37-77)85-49-25-17-45(41-81)18-26-49)33-53(59)74-73(75)54-34-70(90-66-14-6-10-62(56(66)38-78)86-50-27-19-46(42-82)20-28-50)72(36-60(54)76(74,3)4)92-68-16-8-12-64(58(68)40-80)88-52-31-23-48(44-84)24-32-52/h5-36,41-44,73-74H,1-4H3. The monoisotopic (exact) mass is 1210 g/mol. The zero-order valence-corrected chi connectivity index (χ0v) is 49.6. The van der Waals surface area contributed by atoms with Crippen molar-refractivity contribution in [3.05, 3.63) is 261 Å². The Morgan fingerprint density at radius 3 is 0.707 bits per heavy atom. The molecule has 0 aliphatic heterocycles. The minimum atomic E-state index is -0.727. The summed E-state index contributed by atoms with van der Waals surface area (Å²) in [6.45, 7) is 8.52. The summed E-state index contributed by atoms with van der Waals surface area (Å²) in [5.41, 5.74) is 4.03. The van der Waals surface area contributed by atoms with Crippen molar-refractivity contribution < 1.29 is 57.1 Å². The van der Waals surface area contributed by atoms with Gasteiger partial charge in [0.25, 0.3) is 0 Å². The molecule has 2 aliphatic rings. The number of ether oxygens (including phenoxy) is 8. The van der Waals surface area contributed by atoms with Crippen LogP contribution in [0, 0.1) is 45.3 Å². The predicted molar refractivity (Wildman–Crippen MR) is 337 cm³/mol. The molecular weight excluding hydrogens is 1160 g/mol. The number of carbonyl (C=O) groups is 4. The first-order valence-electron chi connectivity index (χ1n) is 28.8. The molecule has 0 saturated heterocycles. The van der Waals surface area contributed by atoms with E-state index in [1.807, 2.05) is 24.3 Å². The van der Waals surface area contributed by atoms with Gasteiger partial charge in [-0.1, -0.05) is 52.0 Å². The van der Waals surface area contributed by atoms with Gasteiger partial charge in [0.2, 0.25) is 0 Å². The number of fused-ring (bicyclic) bond motifs is 5. The van der Waals surface area contributed by atoms with Crippen LogP contribution in [0.4, 0.5) is 0 Å². The molecule has 10 aromatic rings. The maximum absolute atomic E-state index is 11.5. The quantitative estimate of drug-likeness (QED) is 0.0645. The Balaban J connectivity index is 0.990. The third kappa shape index (κ3) is 11.3. The number of aldehydes is 4. The maximum Gasteiger partial charge on any atom is 0.170 e. The van der Waals surface area contributed by atoms with Gasteiger partial charge in [0.1, 0.15) is 141 Å². The molecule has 2 unspecified atom stereocenters. The van der Waals surface area contributed by atoms with Crippen molar-refractivity contribution in [2.45, 2.75) is 50.4 Å². The molecule has 0 saturated carbocycles. The van der Waals surface area contributed by atoms with Crippen LogP contribution >= 0.6 is 0 Å². The lowest BCUT2D eigenvalue weighted by atomic mass is 9.72. The van der Waals surface area contributed by atoms with E-state index in [1.54, 1.807) is 170 Å². The molecule has 0 spiro atoms. The van der Waals surface area contributed by atoms with Crippen molar-refractivity contribution in [1.82, 2.24) is 0 Å². The zero-order chi connectivity index (χ0) is 64.3. The largest absolute Gasteiger partial charge is 0.456 e. The zero-order valence-electron chi connectivity index (χ0n) is 49.6. The van der Waals surface area contributed by atoms with Gasteiger partial charge in [-0.2, -0.15) is 21.0 Å². The predicted octanol–water partition coefficient (Wildman–Crippen LogP) is 18.2. The average molecular weight is 1210 g/mol. The molecule has 12 rings (SSSR count). The molecule has 16 nitrogen and oxygen atoms in total. The summed E-state index contributed by atoms with van der Waals surface area (Å²) in [6.07, 6.45) is 2.87. The molecule has 0 bridgehead atoms. The summed E-state index contributed by atoms with van der Waals surface area (Å²) in [6, 6.07) is 62.1. The second kappa shape index (κ2) is 24.8. The van der Waals surface area contributed by atoms with Gasteiger partial charge in [-0.05, 0) is 203 Å². The highest BCUT2D eigenvalue weighted by atomic mass is 16.5. The lowest BCUT2D eigenvalue weighted by Gasteiger charge is -2.31. The summed E-state index contributed by atoms with van der Waals surface area (Å²) >= 11 is 0. The number of nitriles is 4. The lowest BCUT2D eigenvalue weighted by Crippen LogP contribution is -2.25. The first-order valence-corrected chi connectivity index (χ1v) is 28.8. The summed E-state index contributed by atoms with van der Waals surface area (Å²) in [7, 11) is 0. The van der Waals surface area contributed by atoms with Crippen LogP contribution in [0.5, 0.6) is 92.0 Å². The van der Waals surface area contributed by atoms with Crippen LogP contribution in [0.1, 0.15) is 125 Å². The van der Waals surface area contributed by atoms with Gasteiger partial charge in [-0.15, -0.1) is 0 Å². The van der Waals surface area contributed by atoms with E-state index >= 15 is 0 Å². The molecule has 16 heteroatoms. The van der Waals surface area contributed by atoms with Crippen LogP contribution < -0.4 is 37.9 Å². The van der Waals surface area contributed by atoms with E-state index in [0.29, 0.717) is 57.8 Å². The highest BCUT2D eigenvalue weighted by Crippen LogP contribution is 2.69.